The van der Waals surface area contributed by atoms with Crippen molar-refractivity contribution < 1.29 is 4.79 Å². The SMILES string of the molecule is Cc1nc(C(C)C)ncc1C(=O)Nc1ccccc1. The molecule has 0 fully saturated rings. The standard InChI is InChI=1S/C15H17N3O/c1-10(2)14-16-9-13(11(3)17-14)15(19)18-12-7-5-4-6-8-12/h4-10H,1-3H3,(H,18,19). The molecule has 1 aromatic heterocycles. The topological polar surface area (TPSA) is 54.9 Å². The number of benzene rings is 1. The van der Waals surface area contributed by atoms with Gasteiger partial charge >= 0.3 is 0 Å². The molecule has 1 amide bonds. The maximum Gasteiger partial charge on any atom is 0.259 e. The molecule has 0 saturated carbocycles. The lowest BCUT2D eigenvalue weighted by atomic mass is 10.1. The number of hydrogen-bond acceptors (Lipinski definition) is 3. The normalized spacial score (nSPS) is 10.5. The van der Waals surface area contributed by atoms with Gasteiger partial charge in [0.2, 0.25) is 0 Å². The van der Waals surface area contributed by atoms with Crippen molar-refractivity contribution in [3.63, 3.8) is 0 Å². The zero-order valence-corrected chi connectivity index (χ0v) is 11.3. The Labute approximate surface area is 112 Å². The van der Waals surface area contributed by atoms with Crippen molar-refractivity contribution in [2.24, 2.45) is 0 Å². The van der Waals surface area contributed by atoms with E-state index in [1.807, 2.05) is 51.1 Å². The summed E-state index contributed by atoms with van der Waals surface area (Å²) in [5.41, 5.74) is 1.97. The first kappa shape index (κ1) is 13.2. The molecule has 0 aliphatic heterocycles. The average molecular weight is 255 g/mol. The number of aryl methyl sites for hydroxylation is 1. The highest BCUT2D eigenvalue weighted by atomic mass is 16.1. The Bertz CT molecular complexity index is 579. The van der Waals surface area contributed by atoms with E-state index in [4.69, 9.17) is 0 Å². The molecule has 4 heteroatoms. The van der Waals surface area contributed by atoms with Crippen molar-refractivity contribution in [3.8, 4) is 0 Å². The van der Waals surface area contributed by atoms with Crippen LogP contribution >= 0.6 is 0 Å². The molecule has 1 heterocycles. The second kappa shape index (κ2) is 5.61. The van der Waals surface area contributed by atoms with Gasteiger partial charge in [0.25, 0.3) is 5.91 Å². The molecule has 1 aromatic carbocycles. The summed E-state index contributed by atoms with van der Waals surface area (Å²) in [5, 5.41) is 2.83. The Kier molecular flexibility index (Phi) is 3.90. The van der Waals surface area contributed by atoms with Crippen LogP contribution in [0.2, 0.25) is 0 Å². The third kappa shape index (κ3) is 3.16. The summed E-state index contributed by atoms with van der Waals surface area (Å²) >= 11 is 0. The van der Waals surface area contributed by atoms with Crippen LogP contribution in [0.4, 0.5) is 5.69 Å². The Morgan fingerprint density at radius 2 is 1.89 bits per heavy atom. The highest BCUT2D eigenvalue weighted by molar-refractivity contribution is 6.04. The monoisotopic (exact) mass is 255 g/mol. The van der Waals surface area contributed by atoms with Crippen molar-refractivity contribution in [3.05, 3.63) is 53.6 Å². The number of rotatable bonds is 3. The molecule has 0 spiro atoms. The van der Waals surface area contributed by atoms with Crippen molar-refractivity contribution in [1.82, 2.24) is 9.97 Å². The summed E-state index contributed by atoms with van der Waals surface area (Å²) < 4.78 is 0. The summed E-state index contributed by atoms with van der Waals surface area (Å²) in [5.74, 6) is 0.831. The summed E-state index contributed by atoms with van der Waals surface area (Å²) in [7, 11) is 0. The zero-order chi connectivity index (χ0) is 13.8. The molecule has 0 radical (unpaired) electrons. The van der Waals surface area contributed by atoms with Crippen molar-refractivity contribution in [2.45, 2.75) is 26.7 Å². The van der Waals surface area contributed by atoms with Crippen molar-refractivity contribution in [2.75, 3.05) is 5.32 Å². The van der Waals surface area contributed by atoms with Gasteiger partial charge in [-0.15, -0.1) is 0 Å². The van der Waals surface area contributed by atoms with Gasteiger partial charge in [-0.25, -0.2) is 9.97 Å². The maximum absolute atomic E-state index is 12.1. The molecule has 0 saturated heterocycles. The number of hydrogen-bond donors (Lipinski definition) is 1. The van der Waals surface area contributed by atoms with Crippen LogP contribution in [0.3, 0.4) is 0 Å². The molecule has 0 aliphatic rings. The number of anilines is 1. The van der Waals surface area contributed by atoms with Crippen molar-refractivity contribution >= 4 is 11.6 Å². The molecule has 2 aromatic rings. The van der Waals surface area contributed by atoms with Gasteiger partial charge in [0.1, 0.15) is 5.82 Å². The molecule has 98 valence electrons. The third-order valence-corrected chi connectivity index (χ3v) is 2.79. The molecule has 2 rings (SSSR count). The second-order valence-corrected chi connectivity index (χ2v) is 4.70. The summed E-state index contributed by atoms with van der Waals surface area (Å²) in [6.07, 6.45) is 1.59. The Hall–Kier alpha value is -2.23. The number of amides is 1. The number of para-hydroxylation sites is 1. The second-order valence-electron chi connectivity index (χ2n) is 4.70. The van der Waals surface area contributed by atoms with E-state index in [2.05, 4.69) is 15.3 Å². The largest absolute Gasteiger partial charge is 0.322 e. The fraction of sp³-hybridized carbons (Fsp3) is 0.267. The quantitative estimate of drug-likeness (QED) is 0.916. The fourth-order valence-electron chi connectivity index (χ4n) is 1.71. The van der Waals surface area contributed by atoms with Crippen LogP contribution in [0.15, 0.2) is 36.5 Å². The molecule has 4 nitrogen and oxygen atoms in total. The summed E-state index contributed by atoms with van der Waals surface area (Å²) in [6, 6.07) is 9.34. The molecule has 0 atom stereocenters. The molecular formula is C15H17N3O. The van der Waals surface area contributed by atoms with Crippen molar-refractivity contribution in [1.29, 1.82) is 0 Å². The number of carbonyl (C=O) groups is 1. The van der Waals surface area contributed by atoms with Crippen LogP contribution in [0.1, 0.15) is 41.6 Å². The van der Waals surface area contributed by atoms with Crippen LogP contribution in [0.25, 0.3) is 0 Å². The Morgan fingerprint density at radius 3 is 2.47 bits per heavy atom. The number of carbonyl (C=O) groups excluding carboxylic acids is 1. The predicted octanol–water partition coefficient (Wildman–Crippen LogP) is 3.16. The first-order chi connectivity index (χ1) is 9.08. The molecule has 0 bridgehead atoms. The molecule has 0 unspecified atom stereocenters. The number of nitrogens with zero attached hydrogens (tertiary/aromatic N) is 2. The average Bonchev–Trinajstić information content (AvgIpc) is 2.39. The van der Waals surface area contributed by atoms with E-state index in [9.17, 15) is 4.79 Å². The van der Waals surface area contributed by atoms with E-state index in [1.54, 1.807) is 6.20 Å². The van der Waals surface area contributed by atoms with Crippen LogP contribution in [-0.2, 0) is 0 Å². The lowest BCUT2D eigenvalue weighted by molar-refractivity contribution is 0.102. The summed E-state index contributed by atoms with van der Waals surface area (Å²) in [4.78, 5) is 20.7. The molecule has 1 N–H and O–H groups in total. The maximum atomic E-state index is 12.1. The highest BCUT2D eigenvalue weighted by Crippen LogP contribution is 2.13. The van der Waals surface area contributed by atoms with E-state index < -0.39 is 0 Å². The van der Waals surface area contributed by atoms with E-state index in [1.165, 1.54) is 0 Å². The lowest BCUT2D eigenvalue weighted by Gasteiger charge is -2.09. The van der Waals surface area contributed by atoms with Gasteiger partial charge in [0, 0.05) is 17.8 Å². The Balaban J connectivity index is 2.20. The van der Waals surface area contributed by atoms with E-state index in [0.717, 1.165) is 11.5 Å². The van der Waals surface area contributed by atoms with Gasteiger partial charge in [0.15, 0.2) is 0 Å². The van der Waals surface area contributed by atoms with Gasteiger partial charge in [-0.05, 0) is 19.1 Å². The van der Waals surface area contributed by atoms with Crippen LogP contribution in [0, 0.1) is 6.92 Å². The Morgan fingerprint density at radius 1 is 1.21 bits per heavy atom. The number of nitrogens with one attached hydrogen (secondary N) is 1. The zero-order valence-electron chi connectivity index (χ0n) is 11.3. The third-order valence-electron chi connectivity index (χ3n) is 2.79. The highest BCUT2D eigenvalue weighted by Gasteiger charge is 2.13. The first-order valence-corrected chi connectivity index (χ1v) is 6.28. The van der Waals surface area contributed by atoms with E-state index in [-0.39, 0.29) is 11.8 Å². The van der Waals surface area contributed by atoms with Crippen LogP contribution < -0.4 is 5.32 Å². The predicted molar refractivity (Wildman–Crippen MR) is 75.3 cm³/mol. The van der Waals surface area contributed by atoms with Gasteiger partial charge < -0.3 is 5.32 Å². The van der Waals surface area contributed by atoms with Crippen LogP contribution in [0.5, 0.6) is 0 Å². The fourth-order valence-corrected chi connectivity index (χ4v) is 1.71. The lowest BCUT2D eigenvalue weighted by Crippen LogP contribution is -2.15. The van der Waals surface area contributed by atoms with E-state index >= 15 is 0 Å². The van der Waals surface area contributed by atoms with E-state index in [0.29, 0.717) is 11.3 Å². The number of aromatic nitrogens is 2. The molecular weight excluding hydrogens is 238 g/mol. The minimum absolute atomic E-state index is 0.181. The summed E-state index contributed by atoms with van der Waals surface area (Å²) in [6.45, 7) is 5.88. The molecule has 0 aliphatic carbocycles. The molecule has 19 heavy (non-hydrogen) atoms. The van der Waals surface area contributed by atoms with Crippen LogP contribution in [-0.4, -0.2) is 15.9 Å². The smallest absolute Gasteiger partial charge is 0.259 e. The van der Waals surface area contributed by atoms with Gasteiger partial charge in [-0.1, -0.05) is 32.0 Å². The van der Waals surface area contributed by atoms with Gasteiger partial charge in [-0.2, -0.15) is 0 Å². The van der Waals surface area contributed by atoms with Gasteiger partial charge in [0.05, 0.1) is 11.3 Å². The van der Waals surface area contributed by atoms with Gasteiger partial charge in [-0.3, -0.25) is 4.79 Å². The minimum atomic E-state index is -0.181. The first-order valence-electron chi connectivity index (χ1n) is 6.28. The minimum Gasteiger partial charge on any atom is -0.322 e.